The van der Waals surface area contributed by atoms with Gasteiger partial charge in [-0.15, -0.1) is 11.3 Å². The molecule has 0 spiro atoms. The van der Waals surface area contributed by atoms with Gasteiger partial charge in [0.1, 0.15) is 0 Å². The molecule has 7 aromatic carbocycles. The summed E-state index contributed by atoms with van der Waals surface area (Å²) in [6.45, 7) is 0. The molecule has 0 atom stereocenters. The lowest BCUT2D eigenvalue weighted by Crippen LogP contribution is -2.01. The average Bonchev–Trinajstić information content (AvgIpc) is 3.56. The molecule has 0 fully saturated rings. The van der Waals surface area contributed by atoms with Gasteiger partial charge in [-0.1, -0.05) is 139 Å². The lowest BCUT2D eigenvalue weighted by atomic mass is 9.96. The number of hydrogen-bond acceptors (Lipinski definition) is 4. The van der Waals surface area contributed by atoms with Crippen molar-refractivity contribution in [1.82, 2.24) is 15.0 Å². The quantitative estimate of drug-likeness (QED) is 0.190. The second-order valence-corrected chi connectivity index (χ2v) is 11.9. The molecule has 0 unspecified atom stereocenters. The predicted molar refractivity (Wildman–Crippen MR) is 189 cm³/mol. The van der Waals surface area contributed by atoms with Crippen molar-refractivity contribution in [1.29, 1.82) is 0 Å². The number of fused-ring (bicyclic) bond motifs is 6. The maximum atomic E-state index is 8.68. The largest absolute Gasteiger partial charge is 0.208 e. The van der Waals surface area contributed by atoms with Crippen molar-refractivity contribution in [3.8, 4) is 45.3 Å². The van der Waals surface area contributed by atoms with Crippen LogP contribution >= 0.6 is 11.3 Å². The zero-order valence-electron chi connectivity index (χ0n) is 28.8. The summed E-state index contributed by atoms with van der Waals surface area (Å²) in [6.07, 6.45) is 0. The fourth-order valence-electron chi connectivity index (χ4n) is 6.19. The molecule has 0 saturated heterocycles. The van der Waals surface area contributed by atoms with E-state index in [4.69, 9.17) is 21.8 Å². The zero-order chi connectivity index (χ0) is 34.1. The highest BCUT2D eigenvalue weighted by Crippen LogP contribution is 2.44. The van der Waals surface area contributed by atoms with E-state index in [2.05, 4.69) is 36.4 Å². The van der Waals surface area contributed by atoms with Crippen molar-refractivity contribution in [3.05, 3.63) is 152 Å². The summed E-state index contributed by atoms with van der Waals surface area (Å²) in [7, 11) is 0. The Morgan fingerprint density at radius 1 is 0.467 bits per heavy atom. The summed E-state index contributed by atoms with van der Waals surface area (Å²) in [5, 5.41) is 6.25. The van der Waals surface area contributed by atoms with E-state index in [9.17, 15) is 0 Å². The van der Waals surface area contributed by atoms with E-state index in [1.54, 1.807) is 0 Å². The number of thiophene rings is 1. The van der Waals surface area contributed by atoms with Gasteiger partial charge in [0.25, 0.3) is 0 Å². The third-order valence-electron chi connectivity index (χ3n) is 8.21. The van der Waals surface area contributed by atoms with Gasteiger partial charge in [-0.2, -0.15) is 0 Å². The van der Waals surface area contributed by atoms with Crippen LogP contribution in [0, 0.1) is 0 Å². The normalized spacial score (nSPS) is 13.1. The molecule has 9 aromatic rings. The van der Waals surface area contributed by atoms with Gasteiger partial charge in [0.05, 0.1) is 6.85 Å². The van der Waals surface area contributed by atoms with Crippen molar-refractivity contribution in [3.63, 3.8) is 0 Å². The lowest BCUT2D eigenvalue weighted by molar-refractivity contribution is 1.08. The van der Waals surface area contributed by atoms with Gasteiger partial charge in [-0.3, -0.25) is 0 Å². The Morgan fingerprint density at radius 3 is 1.96 bits per heavy atom. The van der Waals surface area contributed by atoms with E-state index in [0.717, 1.165) is 58.4 Å². The summed E-state index contributed by atoms with van der Waals surface area (Å²) in [5.74, 6) is 1.64. The second kappa shape index (κ2) is 10.5. The molecule has 0 radical (unpaired) electrons. The number of nitrogens with zero attached hydrogens (tertiary/aromatic N) is 3. The second-order valence-electron chi connectivity index (χ2n) is 10.8. The first-order chi connectivity index (χ1) is 24.4. The van der Waals surface area contributed by atoms with Crippen molar-refractivity contribution in [2.45, 2.75) is 0 Å². The summed E-state index contributed by atoms with van der Waals surface area (Å²) < 4.78 is 43.9. The Hall–Kier alpha value is -5.71. The summed E-state index contributed by atoms with van der Waals surface area (Å²) in [4.78, 5) is 15.3. The number of hydrogen-bond donors (Lipinski definition) is 0. The minimum Gasteiger partial charge on any atom is -0.208 e. The van der Waals surface area contributed by atoms with E-state index in [-0.39, 0.29) is 29.7 Å². The van der Waals surface area contributed by atoms with Crippen LogP contribution in [0.1, 0.15) is 6.85 Å². The summed E-state index contributed by atoms with van der Waals surface area (Å²) in [5.41, 5.74) is 3.37. The molecule has 9 rings (SSSR count). The predicted octanol–water partition coefficient (Wildman–Crippen LogP) is 11.2. The van der Waals surface area contributed by atoms with Crippen molar-refractivity contribution < 1.29 is 6.85 Å². The van der Waals surface area contributed by atoms with Gasteiger partial charge in [0, 0.05) is 36.9 Å². The van der Waals surface area contributed by atoms with Crippen LogP contribution in [-0.2, 0) is 0 Å². The molecule has 0 aliphatic rings. The monoisotopic (exact) mass is 596 g/mol. The molecule has 2 heterocycles. The van der Waals surface area contributed by atoms with Crippen molar-refractivity contribution in [2.75, 3.05) is 0 Å². The van der Waals surface area contributed by atoms with Crippen molar-refractivity contribution >= 4 is 53.1 Å². The highest BCUT2D eigenvalue weighted by Gasteiger charge is 2.19. The summed E-state index contributed by atoms with van der Waals surface area (Å²) >= 11 is 1.52. The smallest absolute Gasteiger partial charge is 0.164 e. The van der Waals surface area contributed by atoms with Crippen LogP contribution in [0.4, 0.5) is 0 Å². The van der Waals surface area contributed by atoms with Crippen LogP contribution in [0.5, 0.6) is 0 Å². The lowest BCUT2D eigenvalue weighted by Gasteiger charge is -2.13. The third-order valence-corrected chi connectivity index (χ3v) is 9.41. The Balaban J connectivity index is 1.33. The first-order valence-corrected chi connectivity index (χ1v) is 15.4. The number of benzene rings is 7. The highest BCUT2D eigenvalue weighted by molar-refractivity contribution is 7.26. The SMILES string of the molecule is [2H]c1c([2H])c([2H])c(-c2cccc3c2sc2cccc(-c4nc(-c5ccccc5)nc(-c5cc6ccccc6c6ccccc56)n4)c23)c([2H])c1[2H]. The topological polar surface area (TPSA) is 38.7 Å². The van der Waals surface area contributed by atoms with Crippen LogP contribution in [0.25, 0.3) is 87.0 Å². The van der Waals surface area contributed by atoms with Gasteiger partial charge < -0.3 is 0 Å². The fraction of sp³-hybridized carbons (Fsp3) is 0. The van der Waals surface area contributed by atoms with Crippen LogP contribution in [-0.4, -0.2) is 15.0 Å². The molecule has 0 amide bonds. The molecule has 0 bridgehead atoms. The molecule has 4 heteroatoms. The highest BCUT2D eigenvalue weighted by atomic mass is 32.1. The van der Waals surface area contributed by atoms with E-state index in [1.807, 2.05) is 84.9 Å². The summed E-state index contributed by atoms with van der Waals surface area (Å²) in [6, 6.07) is 38.9. The molecule has 3 nitrogen and oxygen atoms in total. The van der Waals surface area contributed by atoms with Crippen LogP contribution in [0.2, 0.25) is 0 Å². The maximum Gasteiger partial charge on any atom is 0.164 e. The first-order valence-electron chi connectivity index (χ1n) is 17.1. The number of rotatable bonds is 4. The van der Waals surface area contributed by atoms with Gasteiger partial charge in [-0.25, -0.2) is 15.0 Å². The molecule has 45 heavy (non-hydrogen) atoms. The van der Waals surface area contributed by atoms with Crippen LogP contribution < -0.4 is 0 Å². The molecule has 0 saturated carbocycles. The molecule has 0 aliphatic heterocycles. The minimum absolute atomic E-state index is 0.187. The molecule has 210 valence electrons. The van der Waals surface area contributed by atoms with E-state index in [0.29, 0.717) is 23.0 Å². The van der Waals surface area contributed by atoms with E-state index < -0.39 is 6.04 Å². The van der Waals surface area contributed by atoms with Crippen molar-refractivity contribution in [2.24, 2.45) is 0 Å². The Labute approximate surface area is 271 Å². The van der Waals surface area contributed by atoms with Gasteiger partial charge in [0.2, 0.25) is 0 Å². The van der Waals surface area contributed by atoms with Crippen LogP contribution in [0.15, 0.2) is 152 Å². The number of aromatic nitrogens is 3. The van der Waals surface area contributed by atoms with Gasteiger partial charge in [0.15, 0.2) is 17.5 Å². The Bertz CT molecular complexity index is 2810. The molecular weight excluding hydrogens is 567 g/mol. The zero-order valence-corrected chi connectivity index (χ0v) is 24.6. The molecular formula is C41H25N3S. The van der Waals surface area contributed by atoms with E-state index >= 15 is 0 Å². The fourth-order valence-corrected chi connectivity index (χ4v) is 7.44. The maximum absolute atomic E-state index is 8.68. The Kier molecular flexibility index (Phi) is 4.90. The van der Waals surface area contributed by atoms with Gasteiger partial charge >= 0.3 is 0 Å². The minimum atomic E-state index is -0.409. The standard InChI is InChI=1S/C41H25N3S/c1-3-13-26(14-4-1)30-21-11-22-33-37-34(23-12-24-36(37)45-38(30)33)40-42-39(27-15-5-2-6-16-27)43-41(44-40)35-25-28-17-7-8-18-29(28)31-19-9-10-20-32(31)35/h1-25H/i1D,3D,4D,13D,14D. The first kappa shape index (κ1) is 21.1. The third kappa shape index (κ3) is 4.30. The van der Waals surface area contributed by atoms with Gasteiger partial charge in [-0.05, 0) is 44.8 Å². The molecule has 0 N–H and O–H groups in total. The molecule has 0 aliphatic carbocycles. The average molecular weight is 597 g/mol. The van der Waals surface area contributed by atoms with E-state index in [1.165, 1.54) is 11.3 Å². The molecule has 2 aromatic heterocycles. The Morgan fingerprint density at radius 2 is 1.11 bits per heavy atom. The van der Waals surface area contributed by atoms with Crippen LogP contribution in [0.3, 0.4) is 0 Å².